The number of ether oxygens (including phenoxy) is 2. The predicted octanol–water partition coefficient (Wildman–Crippen LogP) is 2.80. The standard InChI is InChI=1S/C22H23ClN2O5S/c23-19-14-18(15-20-22(19)30-13-12-29-20)6-7-21(26)24-8-10-25(11-9-24)31(27,28)16-17-4-2-1-3-5-17/h1-7,14-15H,8-13,16H2. The van der Waals surface area contributed by atoms with Gasteiger partial charge >= 0.3 is 0 Å². The van der Waals surface area contributed by atoms with Crippen LogP contribution >= 0.6 is 11.6 Å². The molecule has 0 bridgehead atoms. The molecule has 0 aliphatic carbocycles. The lowest BCUT2D eigenvalue weighted by atomic mass is 10.1. The summed E-state index contributed by atoms with van der Waals surface area (Å²) in [7, 11) is -3.42. The Morgan fingerprint density at radius 2 is 1.74 bits per heavy atom. The molecule has 0 N–H and O–H groups in total. The van der Waals surface area contributed by atoms with Gasteiger partial charge in [0, 0.05) is 32.3 Å². The summed E-state index contributed by atoms with van der Waals surface area (Å²) in [5.74, 6) is 0.866. The largest absolute Gasteiger partial charge is 0.486 e. The maximum Gasteiger partial charge on any atom is 0.246 e. The zero-order chi connectivity index (χ0) is 21.8. The molecule has 1 fully saturated rings. The van der Waals surface area contributed by atoms with E-state index in [1.807, 2.05) is 18.2 Å². The summed E-state index contributed by atoms with van der Waals surface area (Å²) >= 11 is 6.23. The van der Waals surface area contributed by atoms with Gasteiger partial charge in [0.05, 0.1) is 10.8 Å². The Morgan fingerprint density at radius 3 is 2.48 bits per heavy atom. The van der Waals surface area contributed by atoms with Crippen LogP contribution in [0.1, 0.15) is 11.1 Å². The first-order valence-corrected chi connectivity index (χ1v) is 12.0. The van der Waals surface area contributed by atoms with E-state index in [0.717, 1.165) is 11.1 Å². The number of halogens is 1. The first-order valence-electron chi connectivity index (χ1n) is 10.0. The monoisotopic (exact) mass is 462 g/mol. The molecule has 31 heavy (non-hydrogen) atoms. The van der Waals surface area contributed by atoms with E-state index in [1.54, 1.807) is 35.2 Å². The fourth-order valence-corrected chi connectivity index (χ4v) is 5.35. The highest BCUT2D eigenvalue weighted by molar-refractivity contribution is 7.88. The molecule has 0 aromatic heterocycles. The van der Waals surface area contributed by atoms with Gasteiger partial charge in [0.25, 0.3) is 0 Å². The zero-order valence-corrected chi connectivity index (χ0v) is 18.4. The van der Waals surface area contributed by atoms with Gasteiger partial charge in [-0.2, -0.15) is 4.31 Å². The molecule has 2 aliphatic rings. The fraction of sp³-hybridized carbons (Fsp3) is 0.318. The van der Waals surface area contributed by atoms with Crippen molar-refractivity contribution in [3.8, 4) is 11.5 Å². The fourth-order valence-electron chi connectivity index (χ4n) is 3.56. The van der Waals surface area contributed by atoms with E-state index >= 15 is 0 Å². The summed E-state index contributed by atoms with van der Waals surface area (Å²) < 4.78 is 37.8. The minimum absolute atomic E-state index is 0.0352. The summed E-state index contributed by atoms with van der Waals surface area (Å²) in [6.07, 6.45) is 3.14. The van der Waals surface area contributed by atoms with Gasteiger partial charge in [0.2, 0.25) is 15.9 Å². The van der Waals surface area contributed by atoms with Crippen LogP contribution in [0.5, 0.6) is 11.5 Å². The number of hydrogen-bond acceptors (Lipinski definition) is 5. The van der Waals surface area contributed by atoms with Gasteiger partial charge in [0.1, 0.15) is 13.2 Å². The molecule has 2 aliphatic heterocycles. The Hall–Kier alpha value is -2.55. The van der Waals surface area contributed by atoms with Gasteiger partial charge < -0.3 is 14.4 Å². The lowest BCUT2D eigenvalue weighted by Gasteiger charge is -2.33. The lowest BCUT2D eigenvalue weighted by Crippen LogP contribution is -2.50. The number of piperazine rings is 1. The van der Waals surface area contributed by atoms with E-state index in [-0.39, 0.29) is 24.7 Å². The molecule has 0 unspecified atom stereocenters. The van der Waals surface area contributed by atoms with Crippen molar-refractivity contribution in [3.05, 3.63) is 64.7 Å². The molecule has 1 saturated heterocycles. The number of amides is 1. The van der Waals surface area contributed by atoms with Crippen LogP contribution < -0.4 is 9.47 Å². The van der Waals surface area contributed by atoms with Gasteiger partial charge in [-0.15, -0.1) is 0 Å². The third-order valence-electron chi connectivity index (χ3n) is 5.17. The van der Waals surface area contributed by atoms with E-state index in [2.05, 4.69) is 0 Å². The highest BCUT2D eigenvalue weighted by Crippen LogP contribution is 2.38. The Morgan fingerprint density at radius 1 is 1.03 bits per heavy atom. The summed E-state index contributed by atoms with van der Waals surface area (Å²) in [5, 5.41) is 0.432. The predicted molar refractivity (Wildman–Crippen MR) is 119 cm³/mol. The van der Waals surface area contributed by atoms with Crippen molar-refractivity contribution >= 4 is 33.6 Å². The van der Waals surface area contributed by atoms with Crippen molar-refractivity contribution in [2.24, 2.45) is 0 Å². The second-order valence-electron chi connectivity index (χ2n) is 7.33. The summed E-state index contributed by atoms with van der Waals surface area (Å²) in [4.78, 5) is 14.2. The number of sulfonamides is 1. The van der Waals surface area contributed by atoms with Gasteiger partial charge in [-0.25, -0.2) is 8.42 Å². The molecular formula is C22H23ClN2O5S. The van der Waals surface area contributed by atoms with Gasteiger partial charge in [-0.3, -0.25) is 4.79 Å². The molecular weight excluding hydrogens is 440 g/mol. The molecule has 0 saturated carbocycles. The van der Waals surface area contributed by atoms with Crippen molar-refractivity contribution in [2.75, 3.05) is 39.4 Å². The molecule has 1 amide bonds. The third-order valence-corrected chi connectivity index (χ3v) is 7.30. The van der Waals surface area contributed by atoms with Crippen molar-refractivity contribution < 1.29 is 22.7 Å². The van der Waals surface area contributed by atoms with E-state index in [4.69, 9.17) is 21.1 Å². The van der Waals surface area contributed by atoms with Crippen LogP contribution in [-0.2, 0) is 20.6 Å². The average molecular weight is 463 g/mol. The zero-order valence-electron chi connectivity index (χ0n) is 16.9. The number of fused-ring (bicyclic) bond motifs is 1. The quantitative estimate of drug-likeness (QED) is 0.639. The number of nitrogens with zero attached hydrogens (tertiary/aromatic N) is 2. The summed E-state index contributed by atoms with van der Waals surface area (Å²) in [6, 6.07) is 12.6. The van der Waals surface area contributed by atoms with Crippen molar-refractivity contribution in [2.45, 2.75) is 5.75 Å². The molecule has 7 nitrogen and oxygen atoms in total. The summed E-state index contributed by atoms with van der Waals surface area (Å²) in [6.45, 7) is 2.16. The smallest absolute Gasteiger partial charge is 0.246 e. The third kappa shape index (κ3) is 5.20. The van der Waals surface area contributed by atoms with E-state index in [1.165, 1.54) is 10.4 Å². The Balaban J connectivity index is 1.35. The van der Waals surface area contributed by atoms with E-state index in [0.29, 0.717) is 42.8 Å². The highest BCUT2D eigenvalue weighted by Gasteiger charge is 2.28. The Bertz CT molecular complexity index is 1080. The van der Waals surface area contributed by atoms with E-state index in [9.17, 15) is 13.2 Å². The molecule has 0 spiro atoms. The van der Waals surface area contributed by atoms with Gasteiger partial charge in [0.15, 0.2) is 11.5 Å². The molecule has 0 radical (unpaired) electrons. The Labute approximate surface area is 186 Å². The normalized spacial score (nSPS) is 17.1. The number of hydrogen-bond donors (Lipinski definition) is 0. The highest BCUT2D eigenvalue weighted by atomic mass is 35.5. The second kappa shape index (κ2) is 9.30. The van der Waals surface area contributed by atoms with Crippen LogP contribution in [0, 0.1) is 0 Å². The van der Waals surface area contributed by atoms with Crippen molar-refractivity contribution in [1.82, 2.24) is 9.21 Å². The van der Waals surface area contributed by atoms with Crippen LogP contribution in [0.3, 0.4) is 0 Å². The summed E-state index contributed by atoms with van der Waals surface area (Å²) in [5.41, 5.74) is 1.48. The van der Waals surface area contributed by atoms with Crippen molar-refractivity contribution in [3.63, 3.8) is 0 Å². The number of rotatable bonds is 5. The van der Waals surface area contributed by atoms with Crippen LogP contribution in [0.2, 0.25) is 5.02 Å². The average Bonchev–Trinajstić information content (AvgIpc) is 2.78. The lowest BCUT2D eigenvalue weighted by molar-refractivity contribution is -0.127. The molecule has 2 aromatic carbocycles. The maximum atomic E-state index is 12.7. The molecule has 4 rings (SSSR count). The SMILES string of the molecule is O=C(C=Cc1cc(Cl)c2c(c1)OCCO2)N1CCN(S(=O)(=O)Cc2ccccc2)CC1. The molecule has 2 heterocycles. The Kier molecular flexibility index (Phi) is 6.50. The van der Waals surface area contributed by atoms with Crippen LogP contribution in [0.15, 0.2) is 48.5 Å². The topological polar surface area (TPSA) is 76.2 Å². The van der Waals surface area contributed by atoms with Gasteiger partial charge in [-0.05, 0) is 29.3 Å². The molecule has 164 valence electrons. The minimum Gasteiger partial charge on any atom is -0.486 e. The van der Waals surface area contributed by atoms with Crippen LogP contribution in [0.4, 0.5) is 0 Å². The molecule has 0 atom stereocenters. The number of carbonyl (C=O) groups is 1. The van der Waals surface area contributed by atoms with Crippen molar-refractivity contribution in [1.29, 1.82) is 0 Å². The molecule has 9 heteroatoms. The van der Waals surface area contributed by atoms with Crippen LogP contribution in [-0.4, -0.2) is 62.9 Å². The van der Waals surface area contributed by atoms with Crippen LogP contribution in [0.25, 0.3) is 6.08 Å². The maximum absolute atomic E-state index is 12.7. The first kappa shape index (κ1) is 21.7. The van der Waals surface area contributed by atoms with E-state index < -0.39 is 10.0 Å². The second-order valence-corrected chi connectivity index (χ2v) is 9.70. The number of benzene rings is 2. The van der Waals surface area contributed by atoms with Gasteiger partial charge in [-0.1, -0.05) is 41.9 Å². The number of carbonyl (C=O) groups excluding carboxylic acids is 1. The first-order chi connectivity index (χ1) is 14.9. The molecule has 2 aromatic rings. The minimum atomic E-state index is -3.42.